The van der Waals surface area contributed by atoms with Crippen molar-refractivity contribution in [3.05, 3.63) is 46.3 Å². The Labute approximate surface area is 263 Å². The lowest BCUT2D eigenvalue weighted by molar-refractivity contribution is -0.0368. The summed E-state index contributed by atoms with van der Waals surface area (Å²) in [5.74, 6) is 0.795. The van der Waals surface area contributed by atoms with Crippen LogP contribution in [0.1, 0.15) is 70.8 Å². The number of fused-ring (bicyclic) bond motifs is 2. The first kappa shape index (κ1) is 29.2. The zero-order valence-corrected chi connectivity index (χ0v) is 26.8. The molecule has 0 bridgehead atoms. The normalized spacial score (nSPS) is 22.8. The quantitative estimate of drug-likeness (QED) is 0.281. The molecule has 3 aliphatic rings. The van der Waals surface area contributed by atoms with Gasteiger partial charge in [-0.3, -0.25) is 0 Å². The summed E-state index contributed by atoms with van der Waals surface area (Å²) in [5, 5.41) is 14.3. The number of benzene rings is 1. The van der Waals surface area contributed by atoms with Gasteiger partial charge in [-0.15, -0.1) is 9.82 Å². The van der Waals surface area contributed by atoms with E-state index >= 15 is 0 Å². The second kappa shape index (κ2) is 11.1. The fourth-order valence-corrected chi connectivity index (χ4v) is 7.78. The second-order valence-corrected chi connectivity index (χ2v) is 15.5. The van der Waals surface area contributed by atoms with Crippen molar-refractivity contribution < 1.29 is 9.29 Å². The van der Waals surface area contributed by atoms with Crippen LogP contribution < -0.4 is 9.62 Å². The van der Waals surface area contributed by atoms with Crippen molar-refractivity contribution in [3.63, 3.8) is 0 Å². The fourth-order valence-electron chi connectivity index (χ4n) is 6.45. The number of halogens is 2. The lowest BCUT2D eigenvalue weighted by atomic mass is 9.74. The molecule has 0 amide bonds. The van der Waals surface area contributed by atoms with E-state index in [2.05, 4.69) is 19.9 Å². The SMILES string of the molecule is CC(C)(C)[S+]([O-])N[C@@H]1c2cnnn2CC12CCN(c1cnc3c(-c4cccc(Cl)c4Cl)nn([C@H]4CCCCO4)c3n1)CC2. The topological polar surface area (TPSA) is 122 Å². The van der Waals surface area contributed by atoms with Gasteiger partial charge in [0.25, 0.3) is 0 Å². The van der Waals surface area contributed by atoms with Crippen molar-refractivity contribution in [1.82, 2.24) is 39.5 Å². The number of hydrogen-bond acceptors (Lipinski definition) is 9. The molecule has 3 aliphatic heterocycles. The monoisotopic (exact) mass is 643 g/mol. The number of nitrogens with zero attached hydrogens (tertiary/aromatic N) is 8. The predicted octanol–water partition coefficient (Wildman–Crippen LogP) is 5.48. The summed E-state index contributed by atoms with van der Waals surface area (Å²) in [6.45, 7) is 8.94. The molecular weight excluding hydrogens is 609 g/mol. The van der Waals surface area contributed by atoms with E-state index in [0.717, 1.165) is 68.8 Å². The smallest absolute Gasteiger partial charge is 0.182 e. The minimum Gasteiger partial charge on any atom is -0.598 e. The Kier molecular flexibility index (Phi) is 7.58. The first-order valence-corrected chi connectivity index (χ1v) is 16.7. The number of piperidine rings is 1. The Bertz CT molecular complexity index is 1640. The number of anilines is 1. The zero-order valence-electron chi connectivity index (χ0n) is 24.5. The van der Waals surface area contributed by atoms with Crippen LogP contribution in [-0.2, 0) is 22.6 Å². The molecule has 1 unspecified atom stereocenters. The molecule has 1 aromatic carbocycles. The Hall–Kier alpha value is -2.48. The molecule has 6 heterocycles. The lowest BCUT2D eigenvalue weighted by Gasteiger charge is -2.43. The maximum Gasteiger partial charge on any atom is 0.182 e. The molecule has 0 aliphatic carbocycles. The maximum atomic E-state index is 13.2. The second-order valence-electron chi connectivity index (χ2n) is 12.7. The number of rotatable bonds is 5. The van der Waals surface area contributed by atoms with Crippen LogP contribution in [0, 0.1) is 5.41 Å². The molecule has 3 aromatic heterocycles. The number of aromatic nitrogens is 7. The minimum absolute atomic E-state index is 0.0897. The molecule has 14 heteroatoms. The fraction of sp³-hybridized carbons (Fsp3) is 0.552. The molecule has 2 fully saturated rings. The van der Waals surface area contributed by atoms with E-state index in [0.29, 0.717) is 33.5 Å². The average Bonchev–Trinajstić information content (AvgIpc) is 3.68. The molecule has 7 rings (SSSR count). The first-order chi connectivity index (χ1) is 20.6. The van der Waals surface area contributed by atoms with Crippen molar-refractivity contribution in [2.45, 2.75) is 76.4 Å². The molecule has 1 N–H and O–H groups in total. The van der Waals surface area contributed by atoms with Gasteiger partial charge in [0.1, 0.15) is 27.8 Å². The van der Waals surface area contributed by atoms with Crippen molar-refractivity contribution in [3.8, 4) is 11.3 Å². The Morgan fingerprint density at radius 2 is 1.95 bits per heavy atom. The molecular formula is C29H35Cl2N9O2S. The Balaban J connectivity index is 1.19. The van der Waals surface area contributed by atoms with Crippen LogP contribution in [0.15, 0.2) is 30.6 Å². The van der Waals surface area contributed by atoms with E-state index in [1.54, 1.807) is 12.3 Å². The van der Waals surface area contributed by atoms with Crippen LogP contribution in [0.2, 0.25) is 10.0 Å². The summed E-state index contributed by atoms with van der Waals surface area (Å²) in [4.78, 5) is 12.3. The third kappa shape index (κ3) is 5.19. The van der Waals surface area contributed by atoms with E-state index in [9.17, 15) is 4.55 Å². The van der Waals surface area contributed by atoms with Crippen LogP contribution in [-0.4, -0.2) is 63.7 Å². The van der Waals surface area contributed by atoms with E-state index in [1.165, 1.54) is 0 Å². The number of ether oxygens (including phenoxy) is 1. The number of nitrogens with one attached hydrogen (secondary N) is 1. The highest BCUT2D eigenvalue weighted by molar-refractivity contribution is 7.90. The van der Waals surface area contributed by atoms with Gasteiger partial charge < -0.3 is 14.2 Å². The van der Waals surface area contributed by atoms with Crippen LogP contribution in [0.3, 0.4) is 0 Å². The van der Waals surface area contributed by atoms with Crippen molar-refractivity contribution in [1.29, 1.82) is 0 Å². The van der Waals surface area contributed by atoms with Gasteiger partial charge in [-0.05, 0) is 58.9 Å². The van der Waals surface area contributed by atoms with Crippen LogP contribution >= 0.6 is 23.2 Å². The molecule has 2 saturated heterocycles. The standard InChI is InChI=1S/C29H35Cl2N9O2S/c1-28(2,3)43(41)36-26-20-15-33-37-39(20)17-29(26)10-12-38(13-11-29)21-16-32-25-24(18-7-6-8-19(30)23(18)31)35-40(27(25)34-21)22-9-4-5-14-42-22/h6-8,15-16,22,26,36H,4-5,9-14,17H2,1-3H3/t22-,26-,43?/m1/s1. The largest absolute Gasteiger partial charge is 0.598 e. The summed E-state index contributed by atoms with van der Waals surface area (Å²) >= 11 is 11.8. The van der Waals surface area contributed by atoms with E-state index in [-0.39, 0.29) is 22.4 Å². The Morgan fingerprint density at radius 3 is 2.70 bits per heavy atom. The van der Waals surface area contributed by atoms with Crippen molar-refractivity contribution in [2.75, 3.05) is 24.6 Å². The Morgan fingerprint density at radius 1 is 1.14 bits per heavy atom. The highest BCUT2D eigenvalue weighted by Crippen LogP contribution is 2.50. The predicted molar refractivity (Wildman–Crippen MR) is 167 cm³/mol. The van der Waals surface area contributed by atoms with Gasteiger partial charge >= 0.3 is 0 Å². The van der Waals surface area contributed by atoms with Gasteiger partial charge in [-0.25, -0.2) is 19.3 Å². The maximum absolute atomic E-state index is 13.2. The summed E-state index contributed by atoms with van der Waals surface area (Å²) in [6.07, 6.45) is 8.10. The highest BCUT2D eigenvalue weighted by atomic mass is 35.5. The molecule has 11 nitrogen and oxygen atoms in total. The van der Waals surface area contributed by atoms with E-state index in [1.807, 2.05) is 48.5 Å². The van der Waals surface area contributed by atoms with Crippen LogP contribution in [0.4, 0.5) is 5.82 Å². The summed E-state index contributed by atoms with van der Waals surface area (Å²) in [6, 6.07) is 5.44. The van der Waals surface area contributed by atoms with E-state index in [4.69, 9.17) is 43.0 Å². The molecule has 0 saturated carbocycles. The molecule has 228 valence electrons. The molecule has 43 heavy (non-hydrogen) atoms. The van der Waals surface area contributed by atoms with Gasteiger partial charge in [0.2, 0.25) is 0 Å². The van der Waals surface area contributed by atoms with Gasteiger partial charge in [-0.2, -0.15) is 5.10 Å². The van der Waals surface area contributed by atoms with Crippen LogP contribution in [0.5, 0.6) is 0 Å². The first-order valence-electron chi connectivity index (χ1n) is 14.8. The summed E-state index contributed by atoms with van der Waals surface area (Å²) in [5.41, 5.74) is 3.57. The number of hydrogen-bond donors (Lipinski definition) is 1. The van der Waals surface area contributed by atoms with Crippen molar-refractivity contribution in [2.24, 2.45) is 5.41 Å². The van der Waals surface area contributed by atoms with Gasteiger partial charge in [0.05, 0.1) is 34.7 Å². The van der Waals surface area contributed by atoms with Gasteiger partial charge in [-0.1, -0.05) is 40.5 Å². The zero-order chi connectivity index (χ0) is 29.9. The van der Waals surface area contributed by atoms with Crippen molar-refractivity contribution >= 4 is 51.5 Å². The average molecular weight is 645 g/mol. The highest BCUT2D eigenvalue weighted by Gasteiger charge is 2.52. The third-order valence-electron chi connectivity index (χ3n) is 8.91. The third-order valence-corrected chi connectivity index (χ3v) is 11.3. The lowest BCUT2D eigenvalue weighted by Crippen LogP contribution is -2.50. The minimum atomic E-state index is -1.22. The molecule has 4 aromatic rings. The summed E-state index contributed by atoms with van der Waals surface area (Å²) < 4.78 is 26.2. The molecule has 1 spiro atoms. The van der Waals surface area contributed by atoms with Gasteiger partial charge in [0, 0.05) is 42.0 Å². The molecule has 3 atom stereocenters. The molecule has 0 radical (unpaired) electrons. The van der Waals surface area contributed by atoms with Crippen LogP contribution in [0.25, 0.3) is 22.4 Å². The van der Waals surface area contributed by atoms with Gasteiger partial charge in [0.15, 0.2) is 11.9 Å². The van der Waals surface area contributed by atoms with E-state index < -0.39 is 11.4 Å². The summed E-state index contributed by atoms with van der Waals surface area (Å²) in [7, 11) is 0.